The Morgan fingerprint density at radius 3 is 2.21 bits per heavy atom. The second-order valence-electron chi connectivity index (χ2n) is 5.98. The van der Waals surface area contributed by atoms with Crippen molar-refractivity contribution in [2.45, 2.75) is 13.8 Å². The number of hydrogen-bond donors (Lipinski definition) is 2. The molecule has 11 heteroatoms. The smallest absolute Gasteiger partial charge is 0.278 e. The molecule has 0 bridgehead atoms. The first-order chi connectivity index (χ1) is 13.7. The van der Waals surface area contributed by atoms with E-state index in [4.69, 9.17) is 11.6 Å². The average molecular weight is 424 g/mol. The molecule has 0 aliphatic heterocycles. The van der Waals surface area contributed by atoms with Crippen LogP contribution in [-0.2, 0) is 4.79 Å². The van der Waals surface area contributed by atoms with Gasteiger partial charge in [0.1, 0.15) is 5.82 Å². The van der Waals surface area contributed by atoms with E-state index in [2.05, 4.69) is 20.9 Å². The minimum Gasteiger partial charge on any atom is -0.324 e. The number of hydrogen-bond acceptors (Lipinski definition) is 4. The fraction of sp³-hybridized carbons (Fsp3) is 0.111. The van der Waals surface area contributed by atoms with Crippen molar-refractivity contribution in [3.05, 3.63) is 64.2 Å². The third-order valence-electron chi connectivity index (χ3n) is 3.88. The lowest BCUT2D eigenvalue weighted by atomic mass is 10.2. The summed E-state index contributed by atoms with van der Waals surface area (Å²) in [7, 11) is 0. The van der Waals surface area contributed by atoms with Gasteiger partial charge in [-0.2, -0.15) is 0 Å². The summed E-state index contributed by atoms with van der Waals surface area (Å²) in [6.07, 6.45) is 0. The molecule has 150 valence electrons. The molecule has 0 aliphatic carbocycles. The molecule has 0 unspecified atom stereocenters. The highest BCUT2D eigenvalue weighted by Gasteiger charge is 2.20. The van der Waals surface area contributed by atoms with Crippen molar-refractivity contribution in [3.63, 3.8) is 0 Å². The number of nitrogens with zero attached hydrogens (tertiary/aromatic N) is 3. The van der Waals surface area contributed by atoms with E-state index in [1.54, 1.807) is 0 Å². The standard InChI is InChI=1S/C18H13ClF3N5O2/c1-8-17(25-26-27(8)10-3-4-12(20)11(19)5-10)18(29)24-16-7-14(22)13(21)6-15(16)23-9(2)28/h3-7H,1-2H3,(H,23,28)(H,24,29). The number of nitrogens with one attached hydrogen (secondary N) is 2. The Morgan fingerprint density at radius 1 is 1.00 bits per heavy atom. The Balaban J connectivity index is 1.93. The number of amides is 2. The van der Waals surface area contributed by atoms with E-state index >= 15 is 0 Å². The molecule has 2 amide bonds. The maximum absolute atomic E-state index is 13.6. The second-order valence-corrected chi connectivity index (χ2v) is 6.39. The van der Waals surface area contributed by atoms with Crippen LogP contribution in [0.3, 0.4) is 0 Å². The number of anilines is 2. The Bertz CT molecular complexity index is 1130. The highest BCUT2D eigenvalue weighted by atomic mass is 35.5. The quantitative estimate of drug-likeness (QED) is 0.667. The Kier molecular flexibility index (Phi) is 5.55. The summed E-state index contributed by atoms with van der Waals surface area (Å²) in [4.78, 5) is 23.9. The summed E-state index contributed by atoms with van der Waals surface area (Å²) < 4.78 is 41.7. The van der Waals surface area contributed by atoms with Gasteiger partial charge in [0.25, 0.3) is 5.91 Å². The van der Waals surface area contributed by atoms with Gasteiger partial charge in [0.15, 0.2) is 17.3 Å². The largest absolute Gasteiger partial charge is 0.324 e. The maximum Gasteiger partial charge on any atom is 0.278 e. The van der Waals surface area contributed by atoms with Crippen LogP contribution in [0.5, 0.6) is 0 Å². The van der Waals surface area contributed by atoms with Gasteiger partial charge in [-0.3, -0.25) is 9.59 Å². The van der Waals surface area contributed by atoms with Crippen molar-refractivity contribution < 1.29 is 22.8 Å². The summed E-state index contributed by atoms with van der Waals surface area (Å²) in [6, 6.07) is 5.33. The van der Waals surface area contributed by atoms with Crippen LogP contribution < -0.4 is 10.6 Å². The van der Waals surface area contributed by atoms with Crippen LogP contribution in [0.1, 0.15) is 23.1 Å². The average Bonchev–Trinajstić information content (AvgIpc) is 3.03. The first-order valence-corrected chi connectivity index (χ1v) is 8.51. The predicted molar refractivity (Wildman–Crippen MR) is 99.7 cm³/mol. The molecule has 3 aromatic rings. The molecule has 3 rings (SSSR count). The summed E-state index contributed by atoms with van der Waals surface area (Å²) >= 11 is 5.76. The SMILES string of the molecule is CC(=O)Nc1cc(F)c(F)cc1NC(=O)c1nnn(-c2ccc(F)c(Cl)c2)c1C. The van der Waals surface area contributed by atoms with Gasteiger partial charge >= 0.3 is 0 Å². The first-order valence-electron chi connectivity index (χ1n) is 8.13. The molecule has 0 spiro atoms. The molecule has 2 N–H and O–H groups in total. The Hall–Kier alpha value is -3.40. The van der Waals surface area contributed by atoms with Gasteiger partial charge in [0, 0.05) is 19.1 Å². The third kappa shape index (κ3) is 4.21. The first kappa shape index (κ1) is 20.3. The van der Waals surface area contributed by atoms with E-state index < -0.39 is 29.3 Å². The molecule has 0 aliphatic rings. The molecule has 0 saturated heterocycles. The van der Waals surface area contributed by atoms with E-state index in [0.717, 1.165) is 18.2 Å². The number of carbonyl (C=O) groups excluding carboxylic acids is 2. The van der Waals surface area contributed by atoms with Crippen molar-refractivity contribution in [2.24, 2.45) is 0 Å². The number of halogens is 4. The van der Waals surface area contributed by atoms with E-state index in [1.807, 2.05) is 0 Å². The van der Waals surface area contributed by atoms with Crippen LogP contribution in [0.4, 0.5) is 24.5 Å². The topological polar surface area (TPSA) is 88.9 Å². The normalized spacial score (nSPS) is 10.7. The number of benzene rings is 2. The van der Waals surface area contributed by atoms with E-state index in [-0.39, 0.29) is 27.8 Å². The molecule has 0 atom stereocenters. The van der Waals surface area contributed by atoms with Crippen LogP contribution in [0.15, 0.2) is 30.3 Å². The molecule has 1 aromatic heterocycles. The van der Waals surface area contributed by atoms with E-state index in [9.17, 15) is 22.8 Å². The number of carbonyl (C=O) groups is 2. The summed E-state index contributed by atoms with van der Waals surface area (Å²) in [6.45, 7) is 2.71. The molecular weight excluding hydrogens is 411 g/mol. The van der Waals surface area contributed by atoms with Crippen LogP contribution in [0.2, 0.25) is 5.02 Å². The van der Waals surface area contributed by atoms with Crippen molar-refractivity contribution in [1.82, 2.24) is 15.0 Å². The maximum atomic E-state index is 13.6. The molecule has 0 saturated carbocycles. The Labute approximate surface area is 167 Å². The van der Waals surface area contributed by atoms with Gasteiger partial charge in [0.2, 0.25) is 5.91 Å². The van der Waals surface area contributed by atoms with Crippen LogP contribution >= 0.6 is 11.6 Å². The predicted octanol–water partition coefficient (Wildman–Crippen LogP) is 3.86. The van der Waals surface area contributed by atoms with Crippen molar-refractivity contribution in [2.75, 3.05) is 10.6 Å². The zero-order chi connectivity index (χ0) is 21.3. The third-order valence-corrected chi connectivity index (χ3v) is 4.17. The molecule has 29 heavy (non-hydrogen) atoms. The van der Waals surface area contributed by atoms with Gasteiger partial charge in [-0.25, -0.2) is 17.9 Å². The summed E-state index contributed by atoms with van der Waals surface area (Å²) in [5, 5.41) is 12.2. The summed E-state index contributed by atoms with van der Waals surface area (Å²) in [5.41, 5.74) is 0.244. The molecule has 1 heterocycles. The lowest BCUT2D eigenvalue weighted by Gasteiger charge is -2.12. The lowest BCUT2D eigenvalue weighted by Crippen LogP contribution is -2.17. The second kappa shape index (κ2) is 7.92. The molecule has 0 radical (unpaired) electrons. The van der Waals surface area contributed by atoms with Gasteiger partial charge in [0.05, 0.1) is 27.8 Å². The summed E-state index contributed by atoms with van der Waals surface area (Å²) in [5.74, 6) is -4.34. The highest BCUT2D eigenvalue weighted by Crippen LogP contribution is 2.26. The Morgan fingerprint density at radius 2 is 1.62 bits per heavy atom. The number of rotatable bonds is 4. The molecular formula is C18H13ClF3N5O2. The van der Waals surface area contributed by atoms with Crippen LogP contribution in [-0.4, -0.2) is 26.8 Å². The minimum atomic E-state index is -1.21. The number of aromatic nitrogens is 3. The monoisotopic (exact) mass is 423 g/mol. The van der Waals surface area contributed by atoms with Gasteiger partial charge < -0.3 is 10.6 Å². The highest BCUT2D eigenvalue weighted by molar-refractivity contribution is 6.30. The fourth-order valence-electron chi connectivity index (χ4n) is 2.53. The van der Waals surface area contributed by atoms with Gasteiger partial charge in [-0.05, 0) is 25.1 Å². The van der Waals surface area contributed by atoms with Crippen molar-refractivity contribution in [3.8, 4) is 5.69 Å². The van der Waals surface area contributed by atoms with E-state index in [1.165, 1.54) is 30.7 Å². The zero-order valence-electron chi connectivity index (χ0n) is 15.1. The minimum absolute atomic E-state index is 0.121. The molecule has 0 fully saturated rings. The van der Waals surface area contributed by atoms with Crippen LogP contribution in [0, 0.1) is 24.4 Å². The van der Waals surface area contributed by atoms with Crippen LogP contribution in [0.25, 0.3) is 5.69 Å². The fourth-order valence-corrected chi connectivity index (χ4v) is 2.70. The van der Waals surface area contributed by atoms with Crippen molar-refractivity contribution >= 4 is 34.8 Å². The molecule has 2 aromatic carbocycles. The van der Waals surface area contributed by atoms with Crippen molar-refractivity contribution in [1.29, 1.82) is 0 Å². The van der Waals surface area contributed by atoms with Gasteiger partial charge in [-0.1, -0.05) is 16.8 Å². The lowest BCUT2D eigenvalue weighted by molar-refractivity contribution is -0.114. The van der Waals surface area contributed by atoms with E-state index in [0.29, 0.717) is 5.69 Å². The zero-order valence-corrected chi connectivity index (χ0v) is 15.8. The van der Waals surface area contributed by atoms with Gasteiger partial charge in [-0.15, -0.1) is 5.10 Å². The molecule has 7 nitrogen and oxygen atoms in total.